The van der Waals surface area contributed by atoms with Gasteiger partial charge in [-0.1, -0.05) is 12.1 Å². The number of nitrogens with one attached hydrogen (secondary N) is 1. The minimum Gasteiger partial charge on any atom is -0.464 e. The van der Waals surface area contributed by atoms with Gasteiger partial charge in [-0.25, -0.2) is 0 Å². The smallest absolute Gasteiger partial charge is 0.228 e. The van der Waals surface area contributed by atoms with Crippen LogP contribution in [0, 0.1) is 6.92 Å². The van der Waals surface area contributed by atoms with Crippen molar-refractivity contribution in [3.8, 4) is 0 Å². The highest BCUT2D eigenvalue weighted by Crippen LogP contribution is 2.27. The minimum atomic E-state index is -0.0769. The highest BCUT2D eigenvalue weighted by molar-refractivity contribution is 7.99. The van der Waals surface area contributed by atoms with Crippen molar-refractivity contribution < 1.29 is 9.21 Å². The standard InChI is InChI=1S/C20H18N4O2S/c1-13-3-8-17-14(11-26-18(17)9-13)10-19(25)22-15-4-6-16(7-5-15)27-20-23-21-12-24(20)2/h3-9,11-12H,10H2,1-2H3,(H,22,25). The summed E-state index contributed by atoms with van der Waals surface area (Å²) in [5, 5.41) is 12.6. The molecule has 0 saturated heterocycles. The number of carbonyl (C=O) groups excluding carboxylic acids is 1. The van der Waals surface area contributed by atoms with E-state index < -0.39 is 0 Å². The molecule has 0 spiro atoms. The Morgan fingerprint density at radius 3 is 2.78 bits per heavy atom. The third kappa shape index (κ3) is 3.88. The first-order valence-electron chi connectivity index (χ1n) is 8.47. The van der Waals surface area contributed by atoms with E-state index in [2.05, 4.69) is 15.5 Å². The second-order valence-corrected chi connectivity index (χ2v) is 7.38. The summed E-state index contributed by atoms with van der Waals surface area (Å²) in [6, 6.07) is 13.7. The Hall–Kier alpha value is -3.06. The van der Waals surface area contributed by atoms with Crippen molar-refractivity contribution in [3.05, 3.63) is 66.2 Å². The maximum atomic E-state index is 12.4. The summed E-state index contributed by atoms with van der Waals surface area (Å²) in [5.41, 5.74) is 3.58. The molecule has 2 aromatic heterocycles. The number of furan rings is 1. The van der Waals surface area contributed by atoms with Crippen LogP contribution in [-0.4, -0.2) is 20.7 Å². The van der Waals surface area contributed by atoms with Gasteiger partial charge < -0.3 is 14.3 Å². The second-order valence-electron chi connectivity index (χ2n) is 6.34. The molecular weight excluding hydrogens is 360 g/mol. The first-order valence-corrected chi connectivity index (χ1v) is 9.28. The van der Waals surface area contributed by atoms with Crippen LogP contribution in [0.2, 0.25) is 0 Å². The first kappa shape index (κ1) is 17.4. The Morgan fingerprint density at radius 1 is 1.22 bits per heavy atom. The van der Waals surface area contributed by atoms with Crippen LogP contribution in [0.5, 0.6) is 0 Å². The fourth-order valence-electron chi connectivity index (χ4n) is 2.78. The van der Waals surface area contributed by atoms with Crippen LogP contribution in [-0.2, 0) is 18.3 Å². The normalized spacial score (nSPS) is 11.0. The molecule has 136 valence electrons. The summed E-state index contributed by atoms with van der Waals surface area (Å²) in [6.07, 6.45) is 3.59. The molecule has 0 aliphatic heterocycles. The molecule has 0 saturated carbocycles. The fraction of sp³-hybridized carbons (Fsp3) is 0.150. The van der Waals surface area contributed by atoms with Gasteiger partial charge in [-0.2, -0.15) is 0 Å². The van der Waals surface area contributed by atoms with Gasteiger partial charge in [-0.05, 0) is 54.6 Å². The van der Waals surface area contributed by atoms with E-state index in [1.54, 1.807) is 12.6 Å². The van der Waals surface area contributed by atoms with E-state index >= 15 is 0 Å². The average Bonchev–Trinajstić information content (AvgIpc) is 3.23. The zero-order valence-corrected chi connectivity index (χ0v) is 15.8. The summed E-state index contributed by atoms with van der Waals surface area (Å²) in [5.74, 6) is -0.0769. The highest BCUT2D eigenvalue weighted by Gasteiger charge is 2.11. The van der Waals surface area contributed by atoms with E-state index in [1.165, 1.54) is 11.8 Å². The molecule has 0 unspecified atom stereocenters. The number of hydrogen-bond acceptors (Lipinski definition) is 5. The van der Waals surface area contributed by atoms with Crippen molar-refractivity contribution in [1.82, 2.24) is 14.8 Å². The summed E-state index contributed by atoms with van der Waals surface area (Å²) in [6.45, 7) is 2.01. The van der Waals surface area contributed by atoms with Crippen molar-refractivity contribution in [2.24, 2.45) is 7.05 Å². The Morgan fingerprint density at radius 2 is 2.04 bits per heavy atom. The van der Waals surface area contributed by atoms with E-state index in [-0.39, 0.29) is 12.3 Å². The molecular formula is C20H18N4O2S. The van der Waals surface area contributed by atoms with E-state index in [4.69, 9.17) is 4.42 Å². The van der Waals surface area contributed by atoms with Gasteiger partial charge in [0.15, 0.2) is 5.16 Å². The van der Waals surface area contributed by atoms with E-state index in [0.717, 1.165) is 37.8 Å². The number of benzene rings is 2. The third-order valence-corrected chi connectivity index (χ3v) is 5.24. The molecule has 0 aliphatic carbocycles. The van der Waals surface area contributed by atoms with E-state index in [9.17, 15) is 4.79 Å². The fourth-order valence-corrected chi connectivity index (χ4v) is 3.54. The first-order chi connectivity index (χ1) is 13.1. The number of rotatable bonds is 5. The summed E-state index contributed by atoms with van der Waals surface area (Å²) in [7, 11) is 1.90. The monoisotopic (exact) mass is 378 g/mol. The molecule has 6 nitrogen and oxygen atoms in total. The number of amides is 1. The Balaban J connectivity index is 1.41. The molecule has 1 amide bonds. The van der Waals surface area contributed by atoms with Crippen molar-refractivity contribution in [1.29, 1.82) is 0 Å². The van der Waals surface area contributed by atoms with Gasteiger partial charge >= 0.3 is 0 Å². The maximum absolute atomic E-state index is 12.4. The SMILES string of the molecule is Cc1ccc2c(CC(=O)Nc3ccc(Sc4nncn4C)cc3)coc2c1. The lowest BCUT2D eigenvalue weighted by atomic mass is 10.1. The Kier molecular flexibility index (Phi) is 4.68. The molecule has 0 bridgehead atoms. The van der Waals surface area contributed by atoms with Gasteiger partial charge in [-0.3, -0.25) is 4.79 Å². The van der Waals surface area contributed by atoms with Crippen LogP contribution in [0.15, 0.2) is 69.5 Å². The maximum Gasteiger partial charge on any atom is 0.228 e. The number of hydrogen-bond donors (Lipinski definition) is 1. The van der Waals surface area contributed by atoms with Crippen molar-refractivity contribution in [3.63, 3.8) is 0 Å². The largest absolute Gasteiger partial charge is 0.464 e. The van der Waals surface area contributed by atoms with Crippen LogP contribution in [0.1, 0.15) is 11.1 Å². The molecule has 7 heteroatoms. The lowest BCUT2D eigenvalue weighted by Crippen LogP contribution is -2.14. The minimum absolute atomic E-state index is 0.0769. The lowest BCUT2D eigenvalue weighted by molar-refractivity contribution is -0.115. The van der Waals surface area contributed by atoms with Crippen LogP contribution in [0.4, 0.5) is 5.69 Å². The molecule has 2 heterocycles. The predicted octanol–water partition coefficient (Wildman–Crippen LogP) is 4.20. The summed E-state index contributed by atoms with van der Waals surface area (Å²) >= 11 is 1.52. The number of aryl methyl sites for hydroxylation is 2. The van der Waals surface area contributed by atoms with Crippen LogP contribution < -0.4 is 5.32 Å². The van der Waals surface area contributed by atoms with E-state index in [0.29, 0.717) is 0 Å². The van der Waals surface area contributed by atoms with E-state index in [1.807, 2.05) is 61.0 Å². The van der Waals surface area contributed by atoms with Crippen molar-refractivity contribution >= 4 is 34.3 Å². The molecule has 2 aromatic carbocycles. The number of carbonyl (C=O) groups is 1. The quantitative estimate of drug-likeness (QED) is 0.563. The van der Waals surface area contributed by atoms with Crippen LogP contribution in [0.25, 0.3) is 11.0 Å². The molecule has 0 aliphatic rings. The second kappa shape index (κ2) is 7.28. The molecule has 27 heavy (non-hydrogen) atoms. The zero-order valence-electron chi connectivity index (χ0n) is 15.0. The molecule has 0 radical (unpaired) electrons. The van der Waals surface area contributed by atoms with Crippen LogP contribution in [0.3, 0.4) is 0 Å². The van der Waals surface area contributed by atoms with Gasteiger partial charge in [0, 0.05) is 28.6 Å². The number of nitrogens with zero attached hydrogens (tertiary/aromatic N) is 3. The van der Waals surface area contributed by atoms with Gasteiger partial charge in [0.2, 0.25) is 5.91 Å². The number of fused-ring (bicyclic) bond motifs is 1. The van der Waals surface area contributed by atoms with Gasteiger partial charge in [0.05, 0.1) is 12.7 Å². The number of anilines is 1. The van der Waals surface area contributed by atoms with Crippen molar-refractivity contribution in [2.45, 2.75) is 23.4 Å². The third-order valence-electron chi connectivity index (χ3n) is 4.18. The Bertz CT molecular complexity index is 1100. The van der Waals surface area contributed by atoms with Gasteiger partial charge in [0.25, 0.3) is 0 Å². The summed E-state index contributed by atoms with van der Waals surface area (Å²) < 4.78 is 7.42. The topological polar surface area (TPSA) is 73.0 Å². The average molecular weight is 378 g/mol. The van der Waals surface area contributed by atoms with Crippen molar-refractivity contribution in [2.75, 3.05) is 5.32 Å². The van der Waals surface area contributed by atoms with Crippen LogP contribution >= 0.6 is 11.8 Å². The lowest BCUT2D eigenvalue weighted by Gasteiger charge is -2.06. The predicted molar refractivity (Wildman–Crippen MR) is 105 cm³/mol. The zero-order chi connectivity index (χ0) is 18.8. The Labute approximate surface area is 160 Å². The molecule has 4 rings (SSSR count). The van der Waals surface area contributed by atoms with Gasteiger partial charge in [-0.15, -0.1) is 10.2 Å². The molecule has 0 fully saturated rings. The summed E-state index contributed by atoms with van der Waals surface area (Å²) in [4.78, 5) is 13.4. The molecule has 1 N–H and O–H groups in total. The molecule has 0 atom stereocenters. The molecule has 4 aromatic rings. The van der Waals surface area contributed by atoms with Gasteiger partial charge in [0.1, 0.15) is 11.9 Å². The highest BCUT2D eigenvalue weighted by atomic mass is 32.2. The number of aromatic nitrogens is 3.